The van der Waals surface area contributed by atoms with Gasteiger partial charge >= 0.3 is 0 Å². The summed E-state index contributed by atoms with van der Waals surface area (Å²) in [7, 11) is 0. The van der Waals surface area contributed by atoms with Gasteiger partial charge in [-0.3, -0.25) is 10.3 Å². The van der Waals surface area contributed by atoms with E-state index in [4.69, 9.17) is 4.99 Å². The Morgan fingerprint density at radius 3 is 2.12 bits per heavy atom. The van der Waals surface area contributed by atoms with Crippen molar-refractivity contribution in [1.82, 2.24) is 5.32 Å². The van der Waals surface area contributed by atoms with Crippen LogP contribution in [-0.2, 0) is 0 Å². The molecular formula is C15H30N2. The summed E-state index contributed by atoms with van der Waals surface area (Å²) in [6.07, 6.45) is 9.31. The first kappa shape index (κ1) is 14.7. The van der Waals surface area contributed by atoms with Crippen molar-refractivity contribution in [3.05, 3.63) is 0 Å². The lowest BCUT2D eigenvalue weighted by Gasteiger charge is -2.28. The van der Waals surface area contributed by atoms with E-state index < -0.39 is 0 Å². The van der Waals surface area contributed by atoms with Crippen LogP contribution in [0.2, 0.25) is 0 Å². The molecule has 0 aromatic rings. The van der Waals surface area contributed by atoms with E-state index in [0.29, 0.717) is 0 Å². The molecule has 0 saturated carbocycles. The topological polar surface area (TPSA) is 24.4 Å². The zero-order valence-electron chi connectivity index (χ0n) is 12.4. The summed E-state index contributed by atoms with van der Waals surface area (Å²) in [4.78, 5) is 4.81. The zero-order chi connectivity index (χ0) is 12.9. The maximum Gasteiger partial charge on any atom is 0.108 e. The van der Waals surface area contributed by atoms with Gasteiger partial charge in [0.2, 0.25) is 0 Å². The van der Waals surface area contributed by atoms with Gasteiger partial charge in [-0.05, 0) is 40.5 Å². The molecule has 0 amide bonds. The van der Waals surface area contributed by atoms with Gasteiger partial charge in [0.15, 0.2) is 0 Å². The lowest BCUT2D eigenvalue weighted by atomic mass is 9.98. The molecule has 0 radical (unpaired) electrons. The summed E-state index contributed by atoms with van der Waals surface area (Å²) in [5.74, 6) is 0. The first-order chi connectivity index (χ1) is 7.90. The fourth-order valence-electron chi connectivity index (χ4n) is 2.67. The van der Waals surface area contributed by atoms with E-state index in [1.165, 1.54) is 50.7 Å². The molecule has 0 bridgehead atoms. The Labute approximate surface area is 107 Å². The van der Waals surface area contributed by atoms with Crippen LogP contribution in [0.1, 0.15) is 79.6 Å². The highest BCUT2D eigenvalue weighted by atomic mass is 15.2. The van der Waals surface area contributed by atoms with E-state index in [1.54, 1.807) is 0 Å². The highest BCUT2D eigenvalue weighted by Gasteiger charge is 2.38. The summed E-state index contributed by atoms with van der Waals surface area (Å²) < 4.78 is 0. The minimum atomic E-state index is -0.0155. The number of nitrogens with one attached hydrogen (secondary N) is 1. The molecule has 1 atom stereocenters. The van der Waals surface area contributed by atoms with Crippen molar-refractivity contribution in [2.24, 2.45) is 4.99 Å². The van der Waals surface area contributed by atoms with Crippen LogP contribution in [0.5, 0.6) is 0 Å². The minimum absolute atomic E-state index is 0.0155. The predicted octanol–water partition coefficient (Wildman–Crippen LogP) is 4.30. The molecule has 1 N–H and O–H groups in total. The number of aliphatic imine (C=N–C) groups is 1. The Bertz CT molecular complexity index is 268. The number of nitrogens with zero attached hydrogens (tertiary/aromatic N) is 1. The smallest absolute Gasteiger partial charge is 0.108 e. The molecule has 0 aromatic heterocycles. The van der Waals surface area contributed by atoms with Crippen LogP contribution in [0.25, 0.3) is 0 Å². The standard InChI is InChI=1S/C15H30N2/c1-6-7-8-9-10-11-12-15(5)16-13(2)14(3,4)17-15/h17H,6-12H2,1-5H3. The quantitative estimate of drug-likeness (QED) is 0.657. The maximum absolute atomic E-state index is 4.81. The Kier molecular flexibility index (Phi) is 5.18. The second kappa shape index (κ2) is 5.99. The van der Waals surface area contributed by atoms with E-state index in [-0.39, 0.29) is 11.2 Å². The van der Waals surface area contributed by atoms with Crippen LogP contribution >= 0.6 is 0 Å². The lowest BCUT2D eigenvalue weighted by Crippen LogP contribution is -2.49. The van der Waals surface area contributed by atoms with Crippen molar-refractivity contribution in [2.45, 2.75) is 90.8 Å². The third-order valence-electron chi connectivity index (χ3n) is 3.92. The van der Waals surface area contributed by atoms with Crippen LogP contribution < -0.4 is 5.32 Å². The van der Waals surface area contributed by atoms with Crippen molar-refractivity contribution < 1.29 is 0 Å². The first-order valence-corrected chi connectivity index (χ1v) is 7.26. The third kappa shape index (κ3) is 4.42. The molecule has 0 aliphatic carbocycles. The maximum atomic E-state index is 4.81. The van der Waals surface area contributed by atoms with Crippen LogP contribution in [0.3, 0.4) is 0 Å². The van der Waals surface area contributed by atoms with E-state index in [0.717, 1.165) is 0 Å². The minimum Gasteiger partial charge on any atom is -0.283 e. The SMILES string of the molecule is CCCCCCCCC1(C)N=C(C)C(C)(C)N1. The van der Waals surface area contributed by atoms with Crippen molar-refractivity contribution in [2.75, 3.05) is 0 Å². The van der Waals surface area contributed by atoms with Gasteiger partial charge in [-0.1, -0.05) is 39.0 Å². The summed E-state index contributed by atoms with van der Waals surface area (Å²) in [5, 5.41) is 3.65. The predicted molar refractivity (Wildman–Crippen MR) is 76.7 cm³/mol. The zero-order valence-corrected chi connectivity index (χ0v) is 12.4. The van der Waals surface area contributed by atoms with Crippen LogP contribution in [0, 0.1) is 0 Å². The largest absolute Gasteiger partial charge is 0.283 e. The molecule has 1 heterocycles. The Morgan fingerprint density at radius 1 is 1.00 bits per heavy atom. The van der Waals surface area contributed by atoms with Crippen molar-refractivity contribution in [3.63, 3.8) is 0 Å². The molecule has 1 unspecified atom stereocenters. The van der Waals surface area contributed by atoms with Gasteiger partial charge in [-0.25, -0.2) is 0 Å². The molecule has 1 aliphatic rings. The van der Waals surface area contributed by atoms with Gasteiger partial charge in [0.1, 0.15) is 5.66 Å². The summed E-state index contributed by atoms with van der Waals surface area (Å²) in [6.45, 7) is 11.1. The molecule has 17 heavy (non-hydrogen) atoms. The van der Waals surface area contributed by atoms with Crippen molar-refractivity contribution in [3.8, 4) is 0 Å². The average molecular weight is 238 g/mol. The van der Waals surface area contributed by atoms with Gasteiger partial charge < -0.3 is 0 Å². The van der Waals surface area contributed by atoms with E-state index in [2.05, 4.69) is 39.9 Å². The number of unbranched alkanes of at least 4 members (excludes halogenated alkanes) is 5. The van der Waals surface area contributed by atoms with E-state index in [1.807, 2.05) is 0 Å². The second-order valence-corrected chi connectivity index (χ2v) is 6.24. The molecular weight excluding hydrogens is 208 g/mol. The molecule has 0 fully saturated rings. The second-order valence-electron chi connectivity index (χ2n) is 6.24. The average Bonchev–Trinajstić information content (AvgIpc) is 2.42. The lowest BCUT2D eigenvalue weighted by molar-refractivity contribution is 0.311. The van der Waals surface area contributed by atoms with Crippen LogP contribution in [0.15, 0.2) is 4.99 Å². The molecule has 2 nitrogen and oxygen atoms in total. The molecule has 0 saturated heterocycles. The monoisotopic (exact) mass is 238 g/mol. The van der Waals surface area contributed by atoms with Crippen LogP contribution in [-0.4, -0.2) is 16.9 Å². The van der Waals surface area contributed by atoms with Crippen LogP contribution in [0.4, 0.5) is 0 Å². The first-order valence-electron chi connectivity index (χ1n) is 7.26. The van der Waals surface area contributed by atoms with E-state index in [9.17, 15) is 0 Å². The molecule has 100 valence electrons. The summed E-state index contributed by atoms with van der Waals surface area (Å²) in [5.41, 5.74) is 1.31. The van der Waals surface area contributed by atoms with Gasteiger partial charge in [0.25, 0.3) is 0 Å². The molecule has 1 rings (SSSR count). The molecule has 2 heteroatoms. The van der Waals surface area contributed by atoms with Gasteiger partial charge in [0, 0.05) is 5.71 Å². The van der Waals surface area contributed by atoms with Gasteiger partial charge in [0.05, 0.1) is 5.54 Å². The van der Waals surface area contributed by atoms with E-state index >= 15 is 0 Å². The number of hydrogen-bond donors (Lipinski definition) is 1. The summed E-state index contributed by atoms with van der Waals surface area (Å²) in [6, 6.07) is 0. The third-order valence-corrected chi connectivity index (χ3v) is 3.92. The number of hydrogen-bond acceptors (Lipinski definition) is 2. The molecule has 1 aliphatic heterocycles. The molecule has 0 aromatic carbocycles. The van der Waals surface area contributed by atoms with Gasteiger partial charge in [-0.15, -0.1) is 0 Å². The Balaban J connectivity index is 2.24. The van der Waals surface area contributed by atoms with Crippen molar-refractivity contribution >= 4 is 5.71 Å². The Morgan fingerprint density at radius 2 is 1.59 bits per heavy atom. The fraction of sp³-hybridized carbons (Fsp3) is 0.933. The normalized spacial score (nSPS) is 27.2. The number of rotatable bonds is 7. The van der Waals surface area contributed by atoms with Gasteiger partial charge in [-0.2, -0.15) is 0 Å². The molecule has 0 spiro atoms. The Hall–Kier alpha value is -0.370. The fourth-order valence-corrected chi connectivity index (χ4v) is 2.67. The highest BCUT2D eigenvalue weighted by molar-refractivity contribution is 5.92. The summed E-state index contributed by atoms with van der Waals surface area (Å²) >= 11 is 0. The van der Waals surface area contributed by atoms with Crippen molar-refractivity contribution in [1.29, 1.82) is 0 Å². The highest BCUT2D eigenvalue weighted by Crippen LogP contribution is 2.28.